The number of carbonyl (C=O) groups excluding carboxylic acids is 1. The molecule has 1 atom stereocenters. The molecule has 0 bridgehead atoms. The second-order valence-corrected chi connectivity index (χ2v) is 8.40. The number of amides is 1. The van der Waals surface area contributed by atoms with Crippen molar-refractivity contribution in [1.29, 1.82) is 0 Å². The lowest BCUT2D eigenvalue weighted by Gasteiger charge is -2.36. The van der Waals surface area contributed by atoms with Gasteiger partial charge in [0, 0.05) is 24.5 Å². The summed E-state index contributed by atoms with van der Waals surface area (Å²) in [6.07, 6.45) is 6.04. The van der Waals surface area contributed by atoms with Crippen LogP contribution < -0.4 is 15.2 Å². The van der Waals surface area contributed by atoms with Crippen LogP contribution in [0.3, 0.4) is 0 Å². The highest BCUT2D eigenvalue weighted by Crippen LogP contribution is 2.46. The standard InChI is InChI=1S/C19H23N5O4S/c20-18-17-15(22-29(26,27)23-18)5-3-6-16(17)28-12-14-4-1-2-11-24(14)19(25)13-7-9-21-10-8-13/h3,5-10,14,22,26-27H,1-2,4,11-12H2,(H2,20,23)/t14-/m1/s1. The summed E-state index contributed by atoms with van der Waals surface area (Å²) in [5, 5.41) is 0. The van der Waals surface area contributed by atoms with Crippen molar-refractivity contribution in [3.05, 3.63) is 53.9 Å². The molecule has 154 valence electrons. The molecule has 0 aliphatic carbocycles. The van der Waals surface area contributed by atoms with Crippen LogP contribution in [-0.4, -0.2) is 49.9 Å². The number of ether oxygens (including phenoxy) is 1. The fourth-order valence-electron chi connectivity index (χ4n) is 3.64. The average Bonchev–Trinajstić information content (AvgIpc) is 2.71. The Morgan fingerprint density at radius 2 is 2.07 bits per heavy atom. The van der Waals surface area contributed by atoms with E-state index in [-0.39, 0.29) is 17.8 Å². The number of amidine groups is 1. The molecule has 9 nitrogen and oxygen atoms in total. The number of hydrogen-bond acceptors (Lipinski definition) is 8. The number of benzene rings is 1. The van der Waals surface area contributed by atoms with E-state index in [9.17, 15) is 13.9 Å². The molecule has 29 heavy (non-hydrogen) atoms. The van der Waals surface area contributed by atoms with Gasteiger partial charge in [-0.1, -0.05) is 6.07 Å². The number of piperidine rings is 1. The summed E-state index contributed by atoms with van der Waals surface area (Å²) in [7, 11) is -3.35. The zero-order chi connectivity index (χ0) is 20.4. The number of nitrogens with one attached hydrogen (secondary N) is 1. The summed E-state index contributed by atoms with van der Waals surface area (Å²) < 4.78 is 31.9. The molecule has 1 amide bonds. The first-order chi connectivity index (χ1) is 13.9. The van der Waals surface area contributed by atoms with Gasteiger partial charge in [0.25, 0.3) is 5.91 Å². The minimum Gasteiger partial charge on any atom is -0.491 e. The van der Waals surface area contributed by atoms with Crippen LogP contribution in [0.4, 0.5) is 5.69 Å². The number of anilines is 1. The van der Waals surface area contributed by atoms with Gasteiger partial charge < -0.3 is 15.4 Å². The smallest absolute Gasteiger partial charge is 0.254 e. The molecule has 0 saturated carbocycles. The topological polar surface area (TPSA) is 133 Å². The van der Waals surface area contributed by atoms with E-state index in [4.69, 9.17) is 10.5 Å². The molecular formula is C19H23N5O4S. The number of aromatic nitrogens is 1. The Morgan fingerprint density at radius 3 is 2.86 bits per heavy atom. The predicted octanol–water partition coefficient (Wildman–Crippen LogP) is 2.87. The van der Waals surface area contributed by atoms with Crippen molar-refractivity contribution >= 4 is 28.4 Å². The Balaban J connectivity index is 1.52. The molecule has 2 aliphatic rings. The molecule has 2 aliphatic heterocycles. The van der Waals surface area contributed by atoms with E-state index in [0.717, 1.165) is 19.3 Å². The van der Waals surface area contributed by atoms with Gasteiger partial charge in [0.05, 0.1) is 17.3 Å². The first-order valence-electron chi connectivity index (χ1n) is 9.33. The molecule has 0 radical (unpaired) electrons. The van der Waals surface area contributed by atoms with Gasteiger partial charge in [0.2, 0.25) is 0 Å². The van der Waals surface area contributed by atoms with Crippen LogP contribution in [0.5, 0.6) is 5.75 Å². The molecule has 2 aromatic rings. The minimum atomic E-state index is -3.35. The SMILES string of the molecule is NC1=NS(O)(O)Nc2cccc(OC[C@H]3CCCCN3C(=O)c3ccncc3)c21. The normalized spacial score (nSPS) is 21.4. The van der Waals surface area contributed by atoms with Gasteiger partial charge in [-0.2, -0.15) is 0 Å². The summed E-state index contributed by atoms with van der Waals surface area (Å²) in [6, 6.07) is 8.51. The minimum absolute atomic E-state index is 0.00251. The molecule has 3 heterocycles. The maximum atomic E-state index is 12.9. The van der Waals surface area contributed by atoms with E-state index in [1.165, 1.54) is 0 Å². The van der Waals surface area contributed by atoms with Crippen molar-refractivity contribution in [2.45, 2.75) is 25.3 Å². The van der Waals surface area contributed by atoms with E-state index in [0.29, 0.717) is 35.7 Å². The van der Waals surface area contributed by atoms with Gasteiger partial charge in [-0.25, -0.2) is 0 Å². The second kappa shape index (κ2) is 7.90. The van der Waals surface area contributed by atoms with Crippen molar-refractivity contribution < 1.29 is 18.6 Å². The number of nitrogens with zero attached hydrogens (tertiary/aromatic N) is 3. The zero-order valence-electron chi connectivity index (χ0n) is 15.7. The molecule has 5 N–H and O–H groups in total. The Morgan fingerprint density at radius 1 is 1.28 bits per heavy atom. The summed E-state index contributed by atoms with van der Waals surface area (Å²) in [5.41, 5.74) is 7.48. The third-order valence-electron chi connectivity index (χ3n) is 5.00. The lowest BCUT2D eigenvalue weighted by molar-refractivity contribution is 0.0528. The summed E-state index contributed by atoms with van der Waals surface area (Å²) >= 11 is 0. The Hall–Kier alpha value is -2.82. The fraction of sp³-hybridized carbons (Fsp3) is 0.316. The molecule has 0 spiro atoms. The van der Waals surface area contributed by atoms with E-state index in [2.05, 4.69) is 14.1 Å². The van der Waals surface area contributed by atoms with Crippen LogP contribution in [0.25, 0.3) is 0 Å². The Bertz CT molecular complexity index is 937. The molecule has 1 saturated heterocycles. The number of nitrogens with two attached hydrogens (primary N) is 1. The highest BCUT2D eigenvalue weighted by atomic mass is 32.3. The molecule has 0 unspecified atom stereocenters. The summed E-state index contributed by atoms with van der Waals surface area (Å²) in [4.78, 5) is 18.7. The van der Waals surface area contributed by atoms with Crippen LogP contribution >= 0.6 is 11.0 Å². The van der Waals surface area contributed by atoms with Crippen molar-refractivity contribution in [1.82, 2.24) is 9.88 Å². The fourth-order valence-corrected chi connectivity index (χ4v) is 4.52. The molecule has 4 rings (SSSR count). The van der Waals surface area contributed by atoms with Gasteiger partial charge in [0.15, 0.2) is 5.84 Å². The van der Waals surface area contributed by atoms with E-state index in [1.54, 1.807) is 42.7 Å². The third-order valence-corrected chi connectivity index (χ3v) is 5.95. The van der Waals surface area contributed by atoms with Gasteiger partial charge in [-0.3, -0.25) is 23.6 Å². The molecule has 10 heteroatoms. The van der Waals surface area contributed by atoms with E-state index in [1.807, 2.05) is 4.90 Å². The first kappa shape index (κ1) is 19.5. The third kappa shape index (κ3) is 4.14. The Labute approximate surface area is 170 Å². The summed E-state index contributed by atoms with van der Waals surface area (Å²) in [5.74, 6) is 0.447. The summed E-state index contributed by atoms with van der Waals surface area (Å²) in [6.45, 7) is 0.977. The number of pyridine rings is 1. The average molecular weight is 417 g/mol. The number of carbonyl (C=O) groups is 1. The van der Waals surface area contributed by atoms with Gasteiger partial charge >= 0.3 is 0 Å². The molecule has 1 aromatic heterocycles. The van der Waals surface area contributed by atoms with Crippen molar-refractivity contribution in [2.75, 3.05) is 17.9 Å². The van der Waals surface area contributed by atoms with Crippen LogP contribution in [0, 0.1) is 0 Å². The van der Waals surface area contributed by atoms with E-state index < -0.39 is 11.0 Å². The van der Waals surface area contributed by atoms with Gasteiger partial charge in [-0.05, 0) is 54.5 Å². The van der Waals surface area contributed by atoms with Gasteiger partial charge in [0.1, 0.15) is 12.4 Å². The molecular weight excluding hydrogens is 394 g/mol. The maximum Gasteiger partial charge on any atom is 0.254 e. The monoisotopic (exact) mass is 417 g/mol. The largest absolute Gasteiger partial charge is 0.491 e. The first-order valence-corrected chi connectivity index (χ1v) is 10.8. The van der Waals surface area contributed by atoms with Crippen LogP contribution in [0.15, 0.2) is 47.1 Å². The quantitative estimate of drug-likeness (QED) is 0.601. The predicted molar refractivity (Wildman–Crippen MR) is 112 cm³/mol. The van der Waals surface area contributed by atoms with Crippen molar-refractivity contribution in [3.63, 3.8) is 0 Å². The maximum absolute atomic E-state index is 12.9. The van der Waals surface area contributed by atoms with Crippen molar-refractivity contribution in [2.24, 2.45) is 10.1 Å². The van der Waals surface area contributed by atoms with E-state index >= 15 is 0 Å². The lowest BCUT2D eigenvalue weighted by atomic mass is 10.0. The van der Waals surface area contributed by atoms with Crippen LogP contribution in [-0.2, 0) is 0 Å². The van der Waals surface area contributed by atoms with Crippen LogP contribution in [0.1, 0.15) is 35.2 Å². The molecule has 1 fully saturated rings. The second-order valence-electron chi connectivity index (χ2n) is 6.97. The Kier molecular flexibility index (Phi) is 5.31. The number of likely N-dealkylation sites (tertiary alicyclic amines) is 1. The van der Waals surface area contributed by atoms with Crippen molar-refractivity contribution in [3.8, 4) is 5.75 Å². The molecule has 1 aromatic carbocycles. The van der Waals surface area contributed by atoms with Gasteiger partial charge in [-0.15, -0.1) is 4.40 Å². The zero-order valence-corrected chi connectivity index (χ0v) is 16.5. The number of hydrogen-bond donors (Lipinski definition) is 4. The number of rotatable bonds is 4. The highest BCUT2D eigenvalue weighted by molar-refractivity contribution is 8.24. The lowest BCUT2D eigenvalue weighted by Crippen LogP contribution is -2.46. The number of fused-ring (bicyclic) bond motifs is 1. The van der Waals surface area contributed by atoms with Crippen LogP contribution in [0.2, 0.25) is 0 Å². The highest BCUT2D eigenvalue weighted by Gasteiger charge is 2.29.